The molecule has 0 spiro atoms. The van der Waals surface area contributed by atoms with Gasteiger partial charge in [-0.25, -0.2) is 0 Å². The minimum absolute atomic E-state index is 0.0124. The molecule has 282 valence electrons. The highest BCUT2D eigenvalue weighted by Gasteiger charge is 2.23. The number of anilines is 6. The maximum atomic E-state index is 7.76. The lowest BCUT2D eigenvalue weighted by atomic mass is 9.98. The molecule has 6 nitrogen and oxygen atoms in total. The van der Waals surface area contributed by atoms with Gasteiger partial charge in [0.15, 0.2) is 0 Å². The van der Waals surface area contributed by atoms with Gasteiger partial charge in [-0.1, -0.05) is 134 Å². The van der Waals surface area contributed by atoms with E-state index in [9.17, 15) is 0 Å². The van der Waals surface area contributed by atoms with Gasteiger partial charge in [-0.15, -0.1) is 9.97 Å². The van der Waals surface area contributed by atoms with Crippen molar-refractivity contribution in [1.29, 1.82) is 0 Å². The van der Waals surface area contributed by atoms with Crippen LogP contribution in [0.5, 0.6) is 0 Å². The van der Waals surface area contributed by atoms with Crippen LogP contribution in [-0.4, -0.2) is 9.97 Å². The van der Waals surface area contributed by atoms with Crippen LogP contribution >= 0.6 is 0 Å². The third kappa shape index (κ3) is 7.61. The first-order chi connectivity index (χ1) is 29.7. The Kier molecular flexibility index (Phi) is 10.4. The fourth-order valence-electron chi connectivity index (χ4n) is 7.42. The highest BCUT2D eigenvalue weighted by Crippen LogP contribution is 2.40. The predicted octanol–water partition coefficient (Wildman–Crippen LogP) is 15.2. The number of rotatable bonds is 10. The molecule has 0 atom stereocenters. The summed E-state index contributed by atoms with van der Waals surface area (Å²) in [5.74, 6) is -0.0249. The minimum Gasteiger partial charge on any atom is -0.370 e. The molecule has 0 unspecified atom stereocenters. The van der Waals surface area contributed by atoms with E-state index < -0.39 is 0 Å². The largest absolute Gasteiger partial charge is 0.370 e. The maximum Gasteiger partial charge on any atom is 0.294 e. The van der Waals surface area contributed by atoms with Crippen LogP contribution in [0, 0.1) is 13.1 Å². The van der Waals surface area contributed by atoms with Crippen molar-refractivity contribution >= 4 is 45.8 Å². The molecule has 0 amide bonds. The smallest absolute Gasteiger partial charge is 0.294 e. The van der Waals surface area contributed by atoms with Crippen LogP contribution in [0.25, 0.3) is 54.5 Å². The number of hydrogen-bond acceptors (Lipinski definition) is 4. The van der Waals surface area contributed by atoms with Crippen LogP contribution in [0.4, 0.5) is 45.8 Å². The van der Waals surface area contributed by atoms with Gasteiger partial charge >= 0.3 is 0 Å². The summed E-state index contributed by atoms with van der Waals surface area (Å²) in [7, 11) is 0. The molecular formula is C54H36N6. The predicted molar refractivity (Wildman–Crippen MR) is 246 cm³/mol. The zero-order valence-electron chi connectivity index (χ0n) is 32.5. The van der Waals surface area contributed by atoms with Gasteiger partial charge in [-0.2, -0.15) is 0 Å². The lowest BCUT2D eigenvalue weighted by Crippen LogP contribution is -2.09. The van der Waals surface area contributed by atoms with Gasteiger partial charge in [0.2, 0.25) is 11.4 Å². The summed E-state index contributed by atoms with van der Waals surface area (Å²) >= 11 is 0. The SMILES string of the molecule is [C-]#[N+]c1nc(-c2ccc(-c3ccc(N(c4ccccc4)c4ccccc4)cc3)cc2)c(-c2ccc(-c3ccc(N(c4ccccc4)c4ccccc4)cc3)cc2)nc1[N+]#[C-]. The lowest BCUT2D eigenvalue weighted by molar-refractivity contribution is 1.25. The van der Waals surface area contributed by atoms with Crippen molar-refractivity contribution in [2.24, 2.45) is 0 Å². The Morgan fingerprint density at radius 1 is 0.267 bits per heavy atom. The molecule has 60 heavy (non-hydrogen) atoms. The Labute approximate surface area is 350 Å². The number of aromatic nitrogens is 2. The van der Waals surface area contributed by atoms with Crippen molar-refractivity contribution in [1.82, 2.24) is 9.97 Å². The third-order valence-electron chi connectivity index (χ3n) is 10.4. The van der Waals surface area contributed by atoms with E-state index in [1.165, 1.54) is 0 Å². The van der Waals surface area contributed by atoms with Crippen LogP contribution in [0.1, 0.15) is 0 Å². The van der Waals surface area contributed by atoms with Crippen LogP contribution in [-0.2, 0) is 0 Å². The molecule has 1 aromatic heterocycles. The first kappa shape index (κ1) is 37.0. The van der Waals surface area contributed by atoms with E-state index in [-0.39, 0.29) is 11.6 Å². The van der Waals surface area contributed by atoms with E-state index in [1.807, 2.05) is 48.5 Å². The first-order valence-corrected chi connectivity index (χ1v) is 19.6. The summed E-state index contributed by atoms with van der Waals surface area (Å²) in [6.45, 7) is 15.5. The van der Waals surface area contributed by atoms with Gasteiger partial charge in [0.05, 0.1) is 0 Å². The van der Waals surface area contributed by atoms with Gasteiger partial charge in [0.1, 0.15) is 0 Å². The van der Waals surface area contributed by atoms with E-state index in [2.05, 4.69) is 189 Å². The van der Waals surface area contributed by atoms with Crippen molar-refractivity contribution in [3.63, 3.8) is 0 Å². The Morgan fingerprint density at radius 2 is 0.483 bits per heavy atom. The van der Waals surface area contributed by atoms with E-state index in [4.69, 9.17) is 23.1 Å². The average molecular weight is 769 g/mol. The summed E-state index contributed by atoms with van der Waals surface area (Å²) < 4.78 is 0. The number of benzene rings is 8. The average Bonchev–Trinajstić information content (AvgIpc) is 3.33. The summed E-state index contributed by atoms with van der Waals surface area (Å²) in [5.41, 5.74) is 13.4. The third-order valence-corrected chi connectivity index (χ3v) is 10.4. The van der Waals surface area contributed by atoms with Gasteiger partial charge in [-0.3, -0.25) is 0 Å². The lowest BCUT2D eigenvalue weighted by Gasteiger charge is -2.25. The Bertz CT molecular complexity index is 2650. The normalized spacial score (nSPS) is 10.6. The van der Waals surface area contributed by atoms with Crippen LogP contribution in [0.2, 0.25) is 0 Å². The molecule has 0 saturated heterocycles. The summed E-state index contributed by atoms with van der Waals surface area (Å²) in [6, 6.07) is 74.8. The van der Waals surface area contributed by atoms with Crippen molar-refractivity contribution in [2.45, 2.75) is 0 Å². The van der Waals surface area contributed by atoms with E-state index in [1.54, 1.807) is 0 Å². The van der Waals surface area contributed by atoms with Crippen LogP contribution in [0.15, 0.2) is 218 Å². The van der Waals surface area contributed by atoms with E-state index in [0.717, 1.165) is 67.5 Å². The maximum absolute atomic E-state index is 7.76. The molecule has 6 heteroatoms. The fraction of sp³-hybridized carbons (Fsp3) is 0. The van der Waals surface area contributed by atoms with E-state index >= 15 is 0 Å². The van der Waals surface area contributed by atoms with Gasteiger partial charge < -0.3 is 19.5 Å². The molecule has 0 aliphatic carbocycles. The number of para-hydroxylation sites is 4. The molecule has 8 aromatic carbocycles. The number of hydrogen-bond donors (Lipinski definition) is 0. The van der Waals surface area contributed by atoms with Gasteiger partial charge in [0, 0.05) is 45.3 Å². The molecular weight excluding hydrogens is 733 g/mol. The van der Waals surface area contributed by atoms with Crippen LogP contribution in [0.3, 0.4) is 0 Å². The van der Waals surface area contributed by atoms with E-state index in [0.29, 0.717) is 11.4 Å². The summed E-state index contributed by atoms with van der Waals surface area (Å²) in [4.78, 5) is 21.0. The second-order valence-corrected chi connectivity index (χ2v) is 14.1. The van der Waals surface area contributed by atoms with Crippen molar-refractivity contribution < 1.29 is 0 Å². The Balaban J connectivity index is 0.995. The highest BCUT2D eigenvalue weighted by atomic mass is 15.1. The minimum atomic E-state index is -0.0124. The van der Waals surface area contributed by atoms with Crippen LogP contribution < -0.4 is 9.80 Å². The van der Waals surface area contributed by atoms with Gasteiger partial charge in [0.25, 0.3) is 11.6 Å². The second kappa shape index (κ2) is 16.9. The topological polar surface area (TPSA) is 41.0 Å². The molecule has 0 fully saturated rings. The zero-order valence-corrected chi connectivity index (χ0v) is 32.5. The molecule has 0 saturated carbocycles. The Morgan fingerprint density at radius 3 is 0.733 bits per heavy atom. The first-order valence-electron chi connectivity index (χ1n) is 19.6. The zero-order chi connectivity index (χ0) is 40.7. The summed E-state index contributed by atoms with van der Waals surface area (Å²) in [6.07, 6.45) is 0. The van der Waals surface area contributed by atoms with Crippen molar-refractivity contribution in [2.75, 3.05) is 9.80 Å². The molecule has 1 heterocycles. The molecule has 0 aliphatic rings. The molecule has 9 aromatic rings. The van der Waals surface area contributed by atoms with Crippen molar-refractivity contribution in [3.05, 3.63) is 241 Å². The molecule has 0 aliphatic heterocycles. The molecule has 0 radical (unpaired) electrons. The Hall–Kier alpha value is -8.58. The monoisotopic (exact) mass is 768 g/mol. The molecule has 0 N–H and O–H groups in total. The summed E-state index contributed by atoms with van der Waals surface area (Å²) in [5, 5.41) is 0. The highest BCUT2D eigenvalue weighted by molar-refractivity contribution is 5.85. The fourth-order valence-corrected chi connectivity index (χ4v) is 7.42. The standard InChI is InChI=1S/C54H36N6/c1-55-53-54(56-2)58-52(44-29-25-40(26-30-44)42-33-37-50(38-34-42)60(47-19-11-5-12-20-47)48-21-13-6-14-22-48)51(57-53)43-27-23-39(24-28-43)41-31-35-49(36-32-41)59(45-15-7-3-8-16-45)46-17-9-4-10-18-46/h3-38H. The van der Waals surface area contributed by atoms with Gasteiger partial charge in [-0.05, 0) is 119 Å². The molecule has 9 rings (SSSR count). The molecule has 0 bridgehead atoms. The second-order valence-electron chi connectivity index (χ2n) is 14.1. The quantitative estimate of drug-likeness (QED) is 0.130. The number of nitrogens with zero attached hydrogens (tertiary/aromatic N) is 6. The van der Waals surface area contributed by atoms with Crippen molar-refractivity contribution in [3.8, 4) is 44.8 Å².